The zero-order valence-corrected chi connectivity index (χ0v) is 12.5. The first-order chi connectivity index (χ1) is 9.14. The fourth-order valence-electron chi connectivity index (χ4n) is 1.64. The smallest absolute Gasteiger partial charge is 0.356 e. The predicted octanol–water partition coefficient (Wildman–Crippen LogP) is 2.68. The summed E-state index contributed by atoms with van der Waals surface area (Å²) in [5.41, 5.74) is -0.0490. The van der Waals surface area contributed by atoms with Crippen molar-refractivity contribution in [2.45, 2.75) is 33.7 Å². The number of pyridine rings is 1. The molecule has 110 valence electrons. The highest BCUT2D eigenvalue weighted by atomic mass is 16.4. The molecule has 2 N–H and O–H groups in total. The topological polar surface area (TPSA) is 82.5 Å². The number of amides is 2. The molecule has 1 rings (SSSR count). The van der Waals surface area contributed by atoms with E-state index in [4.69, 9.17) is 5.11 Å². The van der Waals surface area contributed by atoms with Crippen LogP contribution in [0.3, 0.4) is 0 Å². The average Bonchev–Trinajstić information content (AvgIpc) is 2.36. The first kappa shape index (κ1) is 15.9. The standard InChI is InChI=1S/C14H21N3O3/c1-9(14(2,3)4)17(5)13(20)16-10-7-6-8-15-11(10)12(18)19/h6-9H,1-5H3,(H,16,20)(H,18,19). The van der Waals surface area contributed by atoms with E-state index in [1.807, 2.05) is 27.7 Å². The van der Waals surface area contributed by atoms with Crippen LogP contribution in [0.1, 0.15) is 38.2 Å². The van der Waals surface area contributed by atoms with Crippen LogP contribution in [0.4, 0.5) is 10.5 Å². The highest BCUT2D eigenvalue weighted by molar-refractivity contribution is 5.98. The second kappa shape index (κ2) is 5.90. The van der Waals surface area contributed by atoms with Crippen molar-refractivity contribution < 1.29 is 14.7 Å². The van der Waals surface area contributed by atoms with Gasteiger partial charge in [0.05, 0.1) is 5.69 Å². The summed E-state index contributed by atoms with van der Waals surface area (Å²) in [6, 6.07) is 2.73. The van der Waals surface area contributed by atoms with E-state index >= 15 is 0 Å². The van der Waals surface area contributed by atoms with Crippen LogP contribution in [0.15, 0.2) is 18.3 Å². The lowest BCUT2D eigenvalue weighted by Crippen LogP contribution is -2.45. The summed E-state index contributed by atoms with van der Waals surface area (Å²) in [6.45, 7) is 8.05. The molecule has 0 aliphatic carbocycles. The summed E-state index contributed by atoms with van der Waals surface area (Å²) >= 11 is 0. The molecule has 0 aliphatic rings. The Morgan fingerprint density at radius 1 is 1.40 bits per heavy atom. The number of nitrogens with one attached hydrogen (secondary N) is 1. The minimum atomic E-state index is -1.17. The van der Waals surface area contributed by atoms with Crippen molar-refractivity contribution in [3.05, 3.63) is 24.0 Å². The summed E-state index contributed by atoms with van der Waals surface area (Å²) in [5.74, 6) is -1.17. The lowest BCUT2D eigenvalue weighted by atomic mass is 9.87. The van der Waals surface area contributed by atoms with Crippen molar-refractivity contribution >= 4 is 17.7 Å². The molecule has 0 spiro atoms. The van der Waals surface area contributed by atoms with Gasteiger partial charge in [0.1, 0.15) is 0 Å². The number of carboxylic acids is 1. The molecule has 6 heteroatoms. The highest BCUT2D eigenvalue weighted by Crippen LogP contribution is 2.23. The van der Waals surface area contributed by atoms with Gasteiger partial charge in [-0.3, -0.25) is 0 Å². The fraction of sp³-hybridized carbons (Fsp3) is 0.500. The van der Waals surface area contributed by atoms with E-state index in [1.54, 1.807) is 18.0 Å². The number of carboxylic acid groups (broad SMARTS) is 1. The first-order valence-electron chi connectivity index (χ1n) is 6.36. The largest absolute Gasteiger partial charge is 0.476 e. The van der Waals surface area contributed by atoms with Crippen LogP contribution in [-0.4, -0.2) is 40.1 Å². The summed E-state index contributed by atoms with van der Waals surface area (Å²) in [5, 5.41) is 11.6. The van der Waals surface area contributed by atoms with E-state index in [2.05, 4.69) is 10.3 Å². The maximum Gasteiger partial charge on any atom is 0.356 e. The van der Waals surface area contributed by atoms with Gasteiger partial charge in [-0.05, 0) is 24.5 Å². The second-order valence-corrected chi connectivity index (χ2v) is 5.79. The van der Waals surface area contributed by atoms with Crippen molar-refractivity contribution in [1.29, 1.82) is 0 Å². The van der Waals surface area contributed by atoms with Crippen LogP contribution < -0.4 is 5.32 Å². The molecule has 20 heavy (non-hydrogen) atoms. The monoisotopic (exact) mass is 279 g/mol. The summed E-state index contributed by atoms with van der Waals surface area (Å²) < 4.78 is 0. The van der Waals surface area contributed by atoms with Crippen LogP contribution >= 0.6 is 0 Å². The van der Waals surface area contributed by atoms with Crippen LogP contribution in [-0.2, 0) is 0 Å². The van der Waals surface area contributed by atoms with Crippen molar-refractivity contribution in [2.24, 2.45) is 5.41 Å². The number of aromatic carboxylic acids is 1. The normalized spacial score (nSPS) is 12.7. The zero-order valence-electron chi connectivity index (χ0n) is 12.5. The van der Waals surface area contributed by atoms with Gasteiger partial charge in [0, 0.05) is 19.3 Å². The molecule has 1 atom stereocenters. The Morgan fingerprint density at radius 3 is 2.50 bits per heavy atom. The molecule has 0 aromatic carbocycles. The number of carbonyl (C=O) groups is 2. The first-order valence-corrected chi connectivity index (χ1v) is 6.36. The number of anilines is 1. The molecule has 0 saturated heterocycles. The fourth-order valence-corrected chi connectivity index (χ4v) is 1.64. The van der Waals surface area contributed by atoms with E-state index in [0.29, 0.717) is 0 Å². The summed E-state index contributed by atoms with van der Waals surface area (Å²) in [7, 11) is 1.68. The molecular formula is C14H21N3O3. The lowest BCUT2D eigenvalue weighted by Gasteiger charge is -2.35. The number of urea groups is 1. The van der Waals surface area contributed by atoms with Gasteiger partial charge in [-0.25, -0.2) is 14.6 Å². The lowest BCUT2D eigenvalue weighted by molar-refractivity contribution is 0.0691. The molecule has 0 radical (unpaired) electrons. The highest BCUT2D eigenvalue weighted by Gasteiger charge is 2.27. The number of rotatable bonds is 3. The maximum absolute atomic E-state index is 12.2. The summed E-state index contributed by atoms with van der Waals surface area (Å²) in [4.78, 5) is 28.5. The van der Waals surface area contributed by atoms with Crippen molar-refractivity contribution in [2.75, 3.05) is 12.4 Å². The molecule has 0 bridgehead atoms. The van der Waals surface area contributed by atoms with E-state index in [1.165, 1.54) is 12.3 Å². The Kier molecular flexibility index (Phi) is 4.70. The van der Waals surface area contributed by atoms with Crippen molar-refractivity contribution in [3.8, 4) is 0 Å². The third-order valence-electron chi connectivity index (χ3n) is 3.41. The van der Waals surface area contributed by atoms with Gasteiger partial charge in [0.15, 0.2) is 5.69 Å². The van der Waals surface area contributed by atoms with Gasteiger partial charge in [0.25, 0.3) is 0 Å². The van der Waals surface area contributed by atoms with Gasteiger partial charge in [-0.15, -0.1) is 0 Å². The Balaban J connectivity index is 2.89. The van der Waals surface area contributed by atoms with E-state index in [0.717, 1.165) is 0 Å². The zero-order chi connectivity index (χ0) is 15.5. The van der Waals surface area contributed by atoms with Crippen molar-refractivity contribution in [3.63, 3.8) is 0 Å². The minimum Gasteiger partial charge on any atom is -0.476 e. The van der Waals surface area contributed by atoms with Crippen LogP contribution in [0.25, 0.3) is 0 Å². The van der Waals surface area contributed by atoms with Gasteiger partial charge in [0.2, 0.25) is 0 Å². The maximum atomic E-state index is 12.2. The molecule has 1 aromatic heterocycles. The second-order valence-electron chi connectivity index (χ2n) is 5.79. The summed E-state index contributed by atoms with van der Waals surface area (Å²) in [6.07, 6.45) is 1.38. The Hall–Kier alpha value is -2.11. The van der Waals surface area contributed by atoms with Gasteiger partial charge in [-0.2, -0.15) is 0 Å². The molecule has 6 nitrogen and oxygen atoms in total. The minimum absolute atomic E-state index is 0.00699. The van der Waals surface area contributed by atoms with E-state index < -0.39 is 5.97 Å². The number of nitrogens with zero attached hydrogens (tertiary/aromatic N) is 2. The Bertz CT molecular complexity index is 509. The Morgan fingerprint density at radius 2 is 2.00 bits per heavy atom. The van der Waals surface area contributed by atoms with Crippen LogP contribution in [0.2, 0.25) is 0 Å². The number of aromatic nitrogens is 1. The number of carbonyl (C=O) groups excluding carboxylic acids is 1. The van der Waals surface area contributed by atoms with Crippen molar-refractivity contribution in [1.82, 2.24) is 9.88 Å². The van der Waals surface area contributed by atoms with Gasteiger partial charge >= 0.3 is 12.0 Å². The van der Waals surface area contributed by atoms with E-state index in [9.17, 15) is 9.59 Å². The number of hydrogen-bond acceptors (Lipinski definition) is 3. The predicted molar refractivity (Wildman–Crippen MR) is 76.9 cm³/mol. The Labute approximate surface area is 118 Å². The SMILES string of the molecule is CC(N(C)C(=O)Nc1cccnc1C(=O)O)C(C)(C)C. The van der Waals surface area contributed by atoms with Crippen LogP contribution in [0, 0.1) is 5.41 Å². The molecule has 0 saturated carbocycles. The van der Waals surface area contributed by atoms with Gasteiger partial charge < -0.3 is 15.3 Å². The third-order valence-corrected chi connectivity index (χ3v) is 3.41. The molecule has 0 aliphatic heterocycles. The molecule has 1 heterocycles. The molecule has 1 unspecified atom stereocenters. The number of hydrogen-bond donors (Lipinski definition) is 2. The average molecular weight is 279 g/mol. The van der Waals surface area contributed by atoms with E-state index in [-0.39, 0.29) is 28.9 Å². The third kappa shape index (κ3) is 3.69. The molecular weight excluding hydrogens is 258 g/mol. The van der Waals surface area contributed by atoms with Gasteiger partial charge in [-0.1, -0.05) is 20.8 Å². The molecule has 1 aromatic rings. The quantitative estimate of drug-likeness (QED) is 0.891. The van der Waals surface area contributed by atoms with Crippen LogP contribution in [0.5, 0.6) is 0 Å². The molecule has 2 amide bonds. The molecule has 0 fully saturated rings.